The lowest BCUT2D eigenvalue weighted by Gasteiger charge is -2.37. The van der Waals surface area contributed by atoms with Gasteiger partial charge < -0.3 is 0 Å². The van der Waals surface area contributed by atoms with E-state index in [1.54, 1.807) is 6.92 Å². The zero-order chi connectivity index (χ0) is 27.4. The zero-order valence-electron chi connectivity index (χ0n) is 17.3. The van der Waals surface area contributed by atoms with Gasteiger partial charge in [0.1, 0.15) is 0 Å². The second-order valence-electron chi connectivity index (χ2n) is 7.58. The van der Waals surface area contributed by atoms with E-state index in [1.165, 1.54) is 0 Å². The number of halogens is 14. The lowest BCUT2D eigenvalue weighted by atomic mass is 9.80. The Hall–Kier alpha value is -1.07. The van der Waals surface area contributed by atoms with Crippen LogP contribution in [0.1, 0.15) is 45.4 Å². The first kappa shape index (κ1) is 32.9. The van der Waals surface area contributed by atoms with Crippen molar-refractivity contribution in [1.29, 1.82) is 0 Å². The molecule has 0 bridgehead atoms. The molecule has 0 rings (SSSR count). The fourth-order valence-corrected chi connectivity index (χ4v) is 4.15. The van der Waals surface area contributed by atoms with Gasteiger partial charge in [-0.05, 0) is 18.8 Å². The average Bonchev–Trinajstić information content (AvgIpc) is 2.59. The molecule has 0 aromatic heterocycles. The van der Waals surface area contributed by atoms with Gasteiger partial charge in [0.05, 0.1) is 5.75 Å². The molecule has 0 saturated carbocycles. The summed E-state index contributed by atoms with van der Waals surface area (Å²) in [6.45, 7) is 1.50. The van der Waals surface area contributed by atoms with E-state index in [0.717, 1.165) is 0 Å². The van der Waals surface area contributed by atoms with Crippen LogP contribution in [0, 0.1) is 5.92 Å². The van der Waals surface area contributed by atoms with E-state index in [1.807, 2.05) is 4.72 Å². The predicted molar refractivity (Wildman–Crippen MR) is 90.6 cm³/mol. The fraction of sp³-hybridized carbons (Fsp3) is 1.00. The summed E-state index contributed by atoms with van der Waals surface area (Å²) in [5.74, 6) is -3.91. The van der Waals surface area contributed by atoms with Crippen molar-refractivity contribution < 1.29 is 69.9 Å². The van der Waals surface area contributed by atoms with Crippen molar-refractivity contribution in [2.45, 2.75) is 81.5 Å². The maximum Gasteiger partial charge on any atom is 0.431 e. The van der Waals surface area contributed by atoms with E-state index in [0.29, 0.717) is 6.42 Å². The Morgan fingerprint density at radius 3 is 1.29 bits per heavy atom. The van der Waals surface area contributed by atoms with Crippen LogP contribution in [0.2, 0.25) is 0 Å². The Labute approximate surface area is 185 Å². The van der Waals surface area contributed by atoms with Gasteiger partial charge in [-0.1, -0.05) is 19.8 Å². The van der Waals surface area contributed by atoms with Crippen LogP contribution >= 0.6 is 0 Å². The van der Waals surface area contributed by atoms with Crippen LogP contribution in [0.4, 0.5) is 61.5 Å². The Morgan fingerprint density at radius 1 is 0.647 bits per heavy atom. The fourth-order valence-electron chi connectivity index (χ4n) is 2.91. The first-order valence-corrected chi connectivity index (χ1v) is 11.1. The van der Waals surface area contributed by atoms with Gasteiger partial charge in [0, 0.05) is 19.4 Å². The Bertz CT molecular complexity index is 671. The number of rotatable bonds is 12. The zero-order valence-corrected chi connectivity index (χ0v) is 18.1. The van der Waals surface area contributed by atoms with Gasteiger partial charge in [0.25, 0.3) is 11.3 Å². The molecule has 0 fully saturated rings. The van der Waals surface area contributed by atoms with Crippen molar-refractivity contribution >= 4 is 10.0 Å². The first-order valence-electron chi connectivity index (χ1n) is 9.46. The third-order valence-corrected chi connectivity index (χ3v) is 6.25. The minimum Gasteiger partial charge on any atom is -0.224 e. The summed E-state index contributed by atoms with van der Waals surface area (Å²) in [4.78, 5) is 0. The third kappa shape index (κ3) is 8.26. The molecule has 206 valence electrons. The predicted octanol–water partition coefficient (Wildman–Crippen LogP) is 6.55. The molecular formula is C16H21F14NO2S. The van der Waals surface area contributed by atoms with Crippen LogP contribution in [-0.4, -0.2) is 56.8 Å². The van der Waals surface area contributed by atoms with Crippen molar-refractivity contribution in [3.8, 4) is 0 Å². The number of hydrogen-bond acceptors (Lipinski definition) is 2. The summed E-state index contributed by atoms with van der Waals surface area (Å²) in [6, 6.07) is 0. The molecule has 0 atom stereocenters. The Kier molecular flexibility index (Phi) is 10.6. The third-order valence-electron chi connectivity index (χ3n) is 4.78. The molecule has 0 aliphatic heterocycles. The summed E-state index contributed by atoms with van der Waals surface area (Å²) < 4.78 is 207. The van der Waals surface area contributed by atoms with Gasteiger partial charge in [-0.25, -0.2) is 21.9 Å². The molecule has 0 unspecified atom stereocenters. The SMILES string of the molecule is CCCNS(=O)(=O)CCCCC(CC(F)(C(F)(F)F)C(F)(F)F)CC(F)(C(F)(F)F)C(F)(F)F. The summed E-state index contributed by atoms with van der Waals surface area (Å²) in [7, 11) is -4.02. The van der Waals surface area contributed by atoms with E-state index in [-0.39, 0.29) is 6.54 Å². The summed E-state index contributed by atoms with van der Waals surface area (Å²) in [6.07, 6.45) is -35.7. The van der Waals surface area contributed by atoms with Crippen LogP contribution in [0.25, 0.3) is 0 Å². The number of alkyl halides is 14. The number of sulfonamides is 1. The largest absolute Gasteiger partial charge is 0.431 e. The summed E-state index contributed by atoms with van der Waals surface area (Å²) >= 11 is 0. The normalized spacial score (nSPS) is 15.3. The van der Waals surface area contributed by atoms with Crippen molar-refractivity contribution in [1.82, 2.24) is 4.72 Å². The number of hydrogen-bond donors (Lipinski definition) is 1. The molecular weight excluding hydrogens is 536 g/mol. The highest BCUT2D eigenvalue weighted by Gasteiger charge is 2.75. The second kappa shape index (κ2) is 10.9. The minimum atomic E-state index is -6.80. The average molecular weight is 557 g/mol. The van der Waals surface area contributed by atoms with E-state index >= 15 is 0 Å². The highest BCUT2D eigenvalue weighted by Crippen LogP contribution is 2.55. The maximum atomic E-state index is 14.0. The minimum absolute atomic E-state index is 0.0615. The topological polar surface area (TPSA) is 46.2 Å². The van der Waals surface area contributed by atoms with E-state index < -0.39 is 89.8 Å². The molecule has 0 aliphatic rings. The molecule has 0 aromatic rings. The van der Waals surface area contributed by atoms with Crippen LogP contribution in [0.15, 0.2) is 0 Å². The van der Waals surface area contributed by atoms with Crippen molar-refractivity contribution in [2.24, 2.45) is 5.92 Å². The first-order chi connectivity index (χ1) is 14.8. The molecule has 18 heteroatoms. The van der Waals surface area contributed by atoms with Crippen molar-refractivity contribution in [2.75, 3.05) is 12.3 Å². The monoisotopic (exact) mass is 557 g/mol. The molecule has 0 saturated heterocycles. The maximum absolute atomic E-state index is 14.0. The van der Waals surface area contributed by atoms with Gasteiger partial charge in [-0.2, -0.15) is 52.7 Å². The highest BCUT2D eigenvalue weighted by molar-refractivity contribution is 7.89. The van der Waals surface area contributed by atoms with Gasteiger partial charge >= 0.3 is 24.7 Å². The number of unbranched alkanes of at least 4 members (excludes halogenated alkanes) is 1. The molecule has 3 nitrogen and oxygen atoms in total. The van der Waals surface area contributed by atoms with Crippen LogP contribution in [0.3, 0.4) is 0 Å². The van der Waals surface area contributed by atoms with Gasteiger partial charge in [-0.15, -0.1) is 0 Å². The summed E-state index contributed by atoms with van der Waals surface area (Å²) in [5, 5.41) is 0. The Morgan fingerprint density at radius 2 is 1.00 bits per heavy atom. The molecule has 0 aliphatic carbocycles. The molecule has 1 N–H and O–H groups in total. The van der Waals surface area contributed by atoms with Crippen molar-refractivity contribution in [3.63, 3.8) is 0 Å². The molecule has 0 heterocycles. The van der Waals surface area contributed by atoms with Crippen LogP contribution in [-0.2, 0) is 10.0 Å². The summed E-state index contributed by atoms with van der Waals surface area (Å²) in [5.41, 5.74) is -12.5. The van der Waals surface area contributed by atoms with E-state index in [9.17, 15) is 69.9 Å². The van der Waals surface area contributed by atoms with Crippen LogP contribution in [0.5, 0.6) is 0 Å². The molecule has 34 heavy (non-hydrogen) atoms. The van der Waals surface area contributed by atoms with Crippen LogP contribution < -0.4 is 4.72 Å². The van der Waals surface area contributed by atoms with Crippen molar-refractivity contribution in [3.05, 3.63) is 0 Å². The standard InChI is InChI=1S/C16H21F14NO2S/c1-2-6-31-34(32,33)7-4-3-5-10(8-11(17,13(19,20)21)14(22,23)24)9-12(18,15(25,26)27)16(28,29)30/h10,31H,2-9H2,1H3. The van der Waals surface area contributed by atoms with E-state index in [4.69, 9.17) is 0 Å². The Balaban J connectivity index is 5.99. The molecule has 0 radical (unpaired) electrons. The van der Waals surface area contributed by atoms with Gasteiger partial charge in [-0.3, -0.25) is 0 Å². The second-order valence-corrected chi connectivity index (χ2v) is 9.50. The van der Waals surface area contributed by atoms with Gasteiger partial charge in [0.2, 0.25) is 10.0 Å². The quantitative estimate of drug-likeness (QED) is 0.219. The number of nitrogens with one attached hydrogen (secondary N) is 1. The molecule has 0 spiro atoms. The highest BCUT2D eigenvalue weighted by atomic mass is 32.2. The lowest BCUT2D eigenvalue weighted by Crippen LogP contribution is -2.57. The molecule has 0 amide bonds. The smallest absolute Gasteiger partial charge is 0.224 e. The van der Waals surface area contributed by atoms with Gasteiger partial charge in [0.15, 0.2) is 0 Å². The van der Waals surface area contributed by atoms with E-state index in [2.05, 4.69) is 0 Å². The molecule has 0 aromatic carbocycles. The lowest BCUT2D eigenvalue weighted by molar-refractivity contribution is -0.356.